The molecule has 12 heteroatoms. The quantitative estimate of drug-likeness (QED) is 0.419. The zero-order chi connectivity index (χ0) is 20.4. The molecular formula is C15H18ClN3O7S. The Morgan fingerprint density at radius 3 is 2.70 bits per heavy atom. The summed E-state index contributed by atoms with van der Waals surface area (Å²) >= 11 is 5.91. The van der Waals surface area contributed by atoms with Crippen LogP contribution in [-0.2, 0) is 24.3 Å². The van der Waals surface area contributed by atoms with Gasteiger partial charge < -0.3 is 10.1 Å². The van der Waals surface area contributed by atoms with E-state index in [-0.39, 0.29) is 22.9 Å². The molecule has 2 rings (SSSR count). The zero-order valence-corrected chi connectivity index (χ0v) is 16.1. The van der Waals surface area contributed by atoms with Crippen LogP contribution < -0.4 is 5.32 Å². The van der Waals surface area contributed by atoms with E-state index in [1.54, 1.807) is 0 Å². The highest BCUT2D eigenvalue weighted by atomic mass is 35.5. The summed E-state index contributed by atoms with van der Waals surface area (Å²) in [5.41, 5.74) is -0.272. The molecule has 0 unspecified atom stereocenters. The van der Waals surface area contributed by atoms with Gasteiger partial charge in [0.2, 0.25) is 10.0 Å². The molecule has 1 aliphatic heterocycles. The van der Waals surface area contributed by atoms with E-state index in [0.29, 0.717) is 12.8 Å². The van der Waals surface area contributed by atoms with Crippen LogP contribution >= 0.6 is 11.6 Å². The van der Waals surface area contributed by atoms with Crippen LogP contribution in [0.25, 0.3) is 0 Å². The van der Waals surface area contributed by atoms with Crippen LogP contribution in [0.15, 0.2) is 18.2 Å². The molecule has 148 valence electrons. The van der Waals surface area contributed by atoms with E-state index >= 15 is 0 Å². The van der Waals surface area contributed by atoms with Gasteiger partial charge in [-0.1, -0.05) is 11.6 Å². The molecule has 1 aromatic carbocycles. The number of nitrogens with zero attached hydrogens (tertiary/aromatic N) is 2. The number of anilines is 1. The standard InChI is InChI=1S/C15H18ClN3O7S/c1-9(26-15(21)13-4-3-7-18(13)27(2,24)25)14(20)17-12-8-10(19(22)23)5-6-11(12)16/h5-6,8-9,13H,3-4,7H2,1-2H3,(H,17,20)/t9-,13-/m1/s1. The zero-order valence-electron chi connectivity index (χ0n) is 14.5. The highest BCUT2D eigenvalue weighted by Gasteiger charge is 2.38. The fourth-order valence-electron chi connectivity index (χ4n) is 2.64. The first-order chi connectivity index (χ1) is 12.5. The van der Waals surface area contributed by atoms with Gasteiger partial charge in [0.1, 0.15) is 6.04 Å². The first-order valence-corrected chi connectivity index (χ1v) is 10.2. The Balaban J connectivity index is 2.05. The third kappa shape index (κ3) is 5.15. The molecule has 1 aliphatic rings. The second kappa shape index (κ2) is 8.19. The average molecular weight is 420 g/mol. The van der Waals surface area contributed by atoms with Crippen molar-refractivity contribution in [1.29, 1.82) is 0 Å². The number of non-ortho nitro benzene ring substituents is 1. The van der Waals surface area contributed by atoms with E-state index in [1.165, 1.54) is 19.1 Å². The number of nitro groups is 1. The highest BCUT2D eigenvalue weighted by Crippen LogP contribution is 2.27. The molecule has 0 aromatic heterocycles. The number of benzene rings is 1. The van der Waals surface area contributed by atoms with Gasteiger partial charge in [0.15, 0.2) is 6.10 Å². The lowest BCUT2D eigenvalue weighted by atomic mass is 10.2. The van der Waals surface area contributed by atoms with Crippen molar-refractivity contribution in [2.75, 3.05) is 18.1 Å². The van der Waals surface area contributed by atoms with Crippen LogP contribution in [0.3, 0.4) is 0 Å². The Kier molecular flexibility index (Phi) is 6.39. The number of carbonyl (C=O) groups excluding carboxylic acids is 2. The van der Waals surface area contributed by atoms with Crippen molar-refractivity contribution in [3.05, 3.63) is 33.3 Å². The monoisotopic (exact) mass is 419 g/mol. The Morgan fingerprint density at radius 2 is 2.11 bits per heavy atom. The molecule has 2 atom stereocenters. The molecule has 1 heterocycles. The summed E-state index contributed by atoms with van der Waals surface area (Å²) in [6.45, 7) is 1.51. The Labute approximate surface area is 160 Å². The topological polar surface area (TPSA) is 136 Å². The van der Waals surface area contributed by atoms with Gasteiger partial charge in [-0.05, 0) is 25.8 Å². The lowest BCUT2D eigenvalue weighted by molar-refractivity contribution is -0.384. The number of halogens is 1. The minimum atomic E-state index is -3.57. The highest BCUT2D eigenvalue weighted by molar-refractivity contribution is 7.88. The summed E-state index contributed by atoms with van der Waals surface area (Å²) in [5.74, 6) is -1.58. The Morgan fingerprint density at radius 1 is 1.44 bits per heavy atom. The third-order valence-electron chi connectivity index (χ3n) is 3.98. The number of hydrogen-bond acceptors (Lipinski definition) is 7. The summed E-state index contributed by atoms with van der Waals surface area (Å²) in [5, 5.41) is 13.2. The van der Waals surface area contributed by atoms with Gasteiger partial charge in [-0.25, -0.2) is 8.42 Å². The van der Waals surface area contributed by atoms with Crippen LogP contribution in [0.2, 0.25) is 5.02 Å². The van der Waals surface area contributed by atoms with Crippen LogP contribution in [0.5, 0.6) is 0 Å². The van der Waals surface area contributed by atoms with E-state index in [2.05, 4.69) is 5.32 Å². The lowest BCUT2D eigenvalue weighted by Crippen LogP contribution is -2.43. The van der Waals surface area contributed by atoms with Crippen molar-refractivity contribution >= 4 is 44.9 Å². The van der Waals surface area contributed by atoms with Gasteiger partial charge >= 0.3 is 5.97 Å². The van der Waals surface area contributed by atoms with Gasteiger partial charge in [-0.15, -0.1) is 0 Å². The minimum Gasteiger partial charge on any atom is -0.451 e. The number of amides is 1. The molecular weight excluding hydrogens is 402 g/mol. The van der Waals surface area contributed by atoms with Crippen molar-refractivity contribution in [2.45, 2.75) is 31.9 Å². The first kappa shape index (κ1) is 21.1. The molecule has 1 fully saturated rings. The lowest BCUT2D eigenvalue weighted by Gasteiger charge is -2.22. The molecule has 0 radical (unpaired) electrons. The normalized spacial score (nSPS) is 18.7. The van der Waals surface area contributed by atoms with Crippen LogP contribution in [0, 0.1) is 10.1 Å². The summed E-state index contributed by atoms with van der Waals surface area (Å²) in [6, 6.07) is 2.55. The van der Waals surface area contributed by atoms with Crippen molar-refractivity contribution in [2.24, 2.45) is 0 Å². The van der Waals surface area contributed by atoms with Gasteiger partial charge in [0, 0.05) is 18.7 Å². The molecule has 0 saturated carbocycles. The smallest absolute Gasteiger partial charge is 0.325 e. The Hall–Kier alpha value is -2.24. The number of carbonyl (C=O) groups is 2. The van der Waals surface area contributed by atoms with Crippen molar-refractivity contribution in [1.82, 2.24) is 4.31 Å². The molecule has 1 aromatic rings. The molecule has 0 aliphatic carbocycles. The molecule has 1 amide bonds. The minimum absolute atomic E-state index is 0.00241. The molecule has 0 spiro atoms. The fraction of sp³-hybridized carbons (Fsp3) is 0.467. The first-order valence-electron chi connectivity index (χ1n) is 7.93. The van der Waals surface area contributed by atoms with E-state index in [4.69, 9.17) is 16.3 Å². The summed E-state index contributed by atoms with van der Waals surface area (Å²) in [7, 11) is -3.57. The fourth-order valence-corrected chi connectivity index (χ4v) is 3.92. The number of rotatable bonds is 6. The SMILES string of the molecule is C[C@@H](OC(=O)[C@H]1CCCN1S(C)(=O)=O)C(=O)Nc1cc([N+](=O)[O-])ccc1Cl. The third-order valence-corrected chi connectivity index (χ3v) is 5.60. The maximum atomic E-state index is 12.3. The van der Waals surface area contributed by atoms with E-state index in [9.17, 15) is 28.1 Å². The predicted octanol–water partition coefficient (Wildman–Crippen LogP) is 1.54. The average Bonchev–Trinajstić information content (AvgIpc) is 3.06. The van der Waals surface area contributed by atoms with E-state index < -0.39 is 39.0 Å². The maximum Gasteiger partial charge on any atom is 0.325 e. The predicted molar refractivity (Wildman–Crippen MR) is 96.9 cm³/mol. The largest absolute Gasteiger partial charge is 0.451 e. The van der Waals surface area contributed by atoms with Gasteiger partial charge in [0.05, 0.1) is 21.9 Å². The second-order valence-corrected chi connectivity index (χ2v) is 8.36. The van der Waals surface area contributed by atoms with Gasteiger partial charge in [-0.3, -0.25) is 19.7 Å². The van der Waals surface area contributed by atoms with Gasteiger partial charge in [-0.2, -0.15) is 4.31 Å². The number of ether oxygens (including phenoxy) is 1. The van der Waals surface area contributed by atoms with Crippen LogP contribution in [0.1, 0.15) is 19.8 Å². The molecule has 1 N–H and O–H groups in total. The molecule has 1 saturated heterocycles. The second-order valence-electron chi connectivity index (χ2n) is 6.02. The maximum absolute atomic E-state index is 12.3. The van der Waals surface area contributed by atoms with Crippen molar-refractivity contribution < 1.29 is 27.7 Å². The number of sulfonamides is 1. The van der Waals surface area contributed by atoms with Crippen molar-refractivity contribution in [3.8, 4) is 0 Å². The molecule has 0 bridgehead atoms. The number of esters is 1. The van der Waals surface area contributed by atoms with E-state index in [0.717, 1.165) is 16.6 Å². The van der Waals surface area contributed by atoms with Gasteiger partial charge in [0.25, 0.3) is 11.6 Å². The molecule has 10 nitrogen and oxygen atoms in total. The van der Waals surface area contributed by atoms with Crippen molar-refractivity contribution in [3.63, 3.8) is 0 Å². The number of nitrogens with one attached hydrogen (secondary N) is 1. The molecule has 27 heavy (non-hydrogen) atoms. The Bertz CT molecular complexity index is 874. The number of nitro benzene ring substituents is 1. The van der Waals surface area contributed by atoms with Crippen LogP contribution in [0.4, 0.5) is 11.4 Å². The summed E-state index contributed by atoms with van der Waals surface area (Å²) in [6.07, 6.45) is 0.557. The summed E-state index contributed by atoms with van der Waals surface area (Å²) < 4.78 is 29.5. The number of hydrogen-bond donors (Lipinski definition) is 1. The van der Waals surface area contributed by atoms with Crippen LogP contribution in [-0.4, -0.2) is 54.5 Å². The van der Waals surface area contributed by atoms with E-state index in [1.807, 2.05) is 0 Å². The summed E-state index contributed by atoms with van der Waals surface area (Å²) in [4.78, 5) is 34.7.